The molecule has 0 saturated carbocycles. The van der Waals surface area contributed by atoms with E-state index in [0.717, 1.165) is 29.7 Å². The molecule has 0 aliphatic carbocycles. The lowest BCUT2D eigenvalue weighted by Gasteiger charge is -2.14. The molecule has 28 heavy (non-hydrogen) atoms. The Balaban J connectivity index is 1.63. The summed E-state index contributed by atoms with van der Waals surface area (Å²) in [6.45, 7) is 4.28. The molecule has 0 spiro atoms. The number of para-hydroxylation sites is 1. The van der Waals surface area contributed by atoms with Gasteiger partial charge in [0.2, 0.25) is 5.91 Å². The summed E-state index contributed by atoms with van der Waals surface area (Å²) in [5.74, 6) is -0.693. The third-order valence-electron chi connectivity index (χ3n) is 4.24. The maximum absolute atomic E-state index is 12.0. The van der Waals surface area contributed by atoms with E-state index in [9.17, 15) is 9.59 Å². The molecule has 6 heteroatoms. The highest BCUT2D eigenvalue weighted by Crippen LogP contribution is 2.19. The lowest BCUT2D eigenvalue weighted by molar-refractivity contribution is -0.145. The van der Waals surface area contributed by atoms with E-state index in [4.69, 9.17) is 17.0 Å². The smallest absolute Gasteiger partial charge is 0.306 e. The van der Waals surface area contributed by atoms with Crippen molar-refractivity contribution in [3.63, 3.8) is 0 Å². The zero-order valence-electron chi connectivity index (χ0n) is 16.3. The van der Waals surface area contributed by atoms with E-state index in [2.05, 4.69) is 10.6 Å². The quantitative estimate of drug-likeness (QED) is 0.399. The van der Waals surface area contributed by atoms with Crippen LogP contribution in [0, 0.1) is 13.8 Å². The van der Waals surface area contributed by atoms with Gasteiger partial charge in [-0.05, 0) is 55.6 Å². The standard InChI is InChI=1S/C22H26N2O3S/c1-16-8-6-9-17(2)21(16)24-22(28)23-19(25)13-14-20(26)27-15-7-12-18-10-4-3-5-11-18/h3-6,8-11H,7,12-15H2,1-2H3,(H2,23,24,25,28). The zero-order valence-corrected chi connectivity index (χ0v) is 17.1. The van der Waals surface area contributed by atoms with Gasteiger partial charge in [-0.2, -0.15) is 0 Å². The van der Waals surface area contributed by atoms with Crippen LogP contribution in [0.15, 0.2) is 48.5 Å². The number of thiocarbonyl (C=S) groups is 1. The molecule has 0 saturated heterocycles. The summed E-state index contributed by atoms with van der Waals surface area (Å²) in [5.41, 5.74) is 4.17. The van der Waals surface area contributed by atoms with Crippen LogP contribution in [0.3, 0.4) is 0 Å². The number of anilines is 1. The van der Waals surface area contributed by atoms with Gasteiger partial charge in [-0.15, -0.1) is 0 Å². The number of carbonyl (C=O) groups excluding carboxylic acids is 2. The first-order valence-electron chi connectivity index (χ1n) is 9.32. The summed E-state index contributed by atoms with van der Waals surface area (Å²) in [6, 6.07) is 15.9. The van der Waals surface area contributed by atoms with E-state index >= 15 is 0 Å². The van der Waals surface area contributed by atoms with E-state index in [-0.39, 0.29) is 29.8 Å². The van der Waals surface area contributed by atoms with Crippen molar-refractivity contribution in [1.82, 2.24) is 5.32 Å². The van der Waals surface area contributed by atoms with E-state index in [0.29, 0.717) is 6.61 Å². The molecule has 0 heterocycles. The number of benzene rings is 2. The minimum absolute atomic E-state index is 0.0309. The third kappa shape index (κ3) is 7.48. The summed E-state index contributed by atoms with van der Waals surface area (Å²) >= 11 is 5.18. The molecule has 2 aromatic rings. The molecule has 0 atom stereocenters. The first-order chi connectivity index (χ1) is 13.5. The van der Waals surface area contributed by atoms with Crippen LogP contribution in [0.4, 0.5) is 5.69 Å². The summed E-state index contributed by atoms with van der Waals surface area (Å²) in [7, 11) is 0. The van der Waals surface area contributed by atoms with Gasteiger partial charge in [-0.1, -0.05) is 48.5 Å². The second-order valence-corrected chi connectivity index (χ2v) is 6.99. The summed E-state index contributed by atoms with van der Waals surface area (Å²) in [5, 5.41) is 5.86. The maximum atomic E-state index is 12.0. The van der Waals surface area contributed by atoms with Crippen molar-refractivity contribution in [3.8, 4) is 0 Å². The Morgan fingerprint density at radius 2 is 1.64 bits per heavy atom. The molecule has 0 bridgehead atoms. The minimum Gasteiger partial charge on any atom is -0.466 e. The highest BCUT2D eigenvalue weighted by atomic mass is 32.1. The van der Waals surface area contributed by atoms with E-state index < -0.39 is 0 Å². The molecule has 2 aromatic carbocycles. The molecular formula is C22H26N2O3S. The Morgan fingerprint density at radius 3 is 2.32 bits per heavy atom. The molecule has 0 aliphatic rings. The van der Waals surface area contributed by atoms with Gasteiger partial charge >= 0.3 is 5.97 Å². The summed E-state index contributed by atoms with van der Waals surface area (Å²) < 4.78 is 5.18. The predicted octanol–water partition coefficient (Wildman–Crippen LogP) is 4.07. The van der Waals surface area contributed by atoms with Crippen LogP contribution in [0.25, 0.3) is 0 Å². The number of aryl methyl sites for hydroxylation is 3. The van der Waals surface area contributed by atoms with Crippen molar-refractivity contribution in [2.24, 2.45) is 0 Å². The van der Waals surface area contributed by atoms with Crippen molar-refractivity contribution < 1.29 is 14.3 Å². The lowest BCUT2D eigenvalue weighted by atomic mass is 10.1. The number of hydrogen-bond donors (Lipinski definition) is 2. The summed E-state index contributed by atoms with van der Waals surface area (Å²) in [6.07, 6.45) is 1.67. The maximum Gasteiger partial charge on any atom is 0.306 e. The van der Waals surface area contributed by atoms with Gasteiger partial charge in [0.05, 0.1) is 13.0 Å². The Labute approximate surface area is 171 Å². The van der Waals surface area contributed by atoms with Gasteiger partial charge in [-0.3, -0.25) is 9.59 Å². The van der Waals surface area contributed by atoms with Crippen molar-refractivity contribution in [2.75, 3.05) is 11.9 Å². The molecule has 0 unspecified atom stereocenters. The summed E-state index contributed by atoms with van der Waals surface area (Å²) in [4.78, 5) is 23.8. The van der Waals surface area contributed by atoms with Gasteiger partial charge in [0.1, 0.15) is 0 Å². The van der Waals surface area contributed by atoms with E-state index in [1.807, 2.05) is 62.4 Å². The Hall–Kier alpha value is -2.73. The van der Waals surface area contributed by atoms with Crippen LogP contribution < -0.4 is 10.6 Å². The fourth-order valence-electron chi connectivity index (χ4n) is 2.74. The highest BCUT2D eigenvalue weighted by molar-refractivity contribution is 7.80. The van der Waals surface area contributed by atoms with Crippen LogP contribution in [-0.2, 0) is 20.7 Å². The average Bonchev–Trinajstić information content (AvgIpc) is 2.67. The number of esters is 1. The number of carbonyl (C=O) groups is 2. The molecule has 0 radical (unpaired) electrons. The minimum atomic E-state index is -0.378. The molecule has 1 amide bonds. The molecular weight excluding hydrogens is 372 g/mol. The lowest BCUT2D eigenvalue weighted by Crippen LogP contribution is -2.34. The van der Waals surface area contributed by atoms with Crippen molar-refractivity contribution >= 4 is 34.9 Å². The number of hydrogen-bond acceptors (Lipinski definition) is 4. The number of rotatable bonds is 8. The van der Waals surface area contributed by atoms with Gasteiger partial charge in [0, 0.05) is 12.1 Å². The van der Waals surface area contributed by atoms with Gasteiger partial charge < -0.3 is 15.4 Å². The van der Waals surface area contributed by atoms with Crippen LogP contribution >= 0.6 is 12.2 Å². The predicted molar refractivity (Wildman–Crippen MR) is 115 cm³/mol. The topological polar surface area (TPSA) is 67.4 Å². The highest BCUT2D eigenvalue weighted by Gasteiger charge is 2.11. The van der Waals surface area contributed by atoms with Crippen molar-refractivity contribution in [2.45, 2.75) is 39.5 Å². The van der Waals surface area contributed by atoms with Crippen LogP contribution in [0.2, 0.25) is 0 Å². The fourth-order valence-corrected chi connectivity index (χ4v) is 2.96. The Morgan fingerprint density at radius 1 is 0.964 bits per heavy atom. The normalized spacial score (nSPS) is 10.2. The van der Waals surface area contributed by atoms with Crippen molar-refractivity contribution in [1.29, 1.82) is 0 Å². The molecule has 2 N–H and O–H groups in total. The fraction of sp³-hybridized carbons (Fsp3) is 0.318. The zero-order chi connectivity index (χ0) is 20.4. The Bertz CT molecular complexity index is 802. The second-order valence-electron chi connectivity index (χ2n) is 6.58. The molecule has 0 aliphatic heterocycles. The molecule has 2 rings (SSSR count). The van der Waals surface area contributed by atoms with Gasteiger partial charge in [-0.25, -0.2) is 0 Å². The SMILES string of the molecule is Cc1cccc(C)c1NC(=S)NC(=O)CCC(=O)OCCCc1ccccc1. The average molecular weight is 399 g/mol. The number of amides is 1. The molecule has 0 aromatic heterocycles. The first-order valence-corrected chi connectivity index (χ1v) is 9.73. The Kier molecular flexibility index (Phi) is 8.62. The second kappa shape index (κ2) is 11.2. The van der Waals surface area contributed by atoms with Crippen LogP contribution in [0.5, 0.6) is 0 Å². The molecule has 0 fully saturated rings. The van der Waals surface area contributed by atoms with E-state index in [1.54, 1.807) is 0 Å². The van der Waals surface area contributed by atoms with Gasteiger partial charge in [0.15, 0.2) is 5.11 Å². The largest absolute Gasteiger partial charge is 0.466 e. The van der Waals surface area contributed by atoms with E-state index in [1.165, 1.54) is 5.56 Å². The number of nitrogens with one attached hydrogen (secondary N) is 2. The molecule has 5 nitrogen and oxygen atoms in total. The number of ether oxygens (including phenoxy) is 1. The first kappa shape index (κ1) is 21.6. The monoisotopic (exact) mass is 398 g/mol. The van der Waals surface area contributed by atoms with Crippen LogP contribution in [0.1, 0.15) is 36.0 Å². The van der Waals surface area contributed by atoms with Crippen molar-refractivity contribution in [3.05, 3.63) is 65.2 Å². The van der Waals surface area contributed by atoms with Gasteiger partial charge in [0.25, 0.3) is 0 Å². The van der Waals surface area contributed by atoms with Crippen LogP contribution in [-0.4, -0.2) is 23.6 Å². The molecule has 148 valence electrons. The third-order valence-corrected chi connectivity index (χ3v) is 4.45.